The van der Waals surface area contributed by atoms with E-state index in [4.69, 9.17) is 11.2 Å². The first-order valence-electron chi connectivity index (χ1n) is 5.65. The molecule has 102 valence electrons. The lowest BCUT2D eigenvalue weighted by atomic mass is 10.2. The maximum Gasteiger partial charge on any atom is 0.359 e. The van der Waals surface area contributed by atoms with E-state index in [1.165, 1.54) is 11.3 Å². The first-order chi connectivity index (χ1) is 9.08. The summed E-state index contributed by atoms with van der Waals surface area (Å²) in [4.78, 5) is 27.1. The second kappa shape index (κ2) is 7.92. The van der Waals surface area contributed by atoms with Gasteiger partial charge < -0.3 is 10.1 Å². The molecular weight excluding hydrogens is 332 g/mol. The second-order valence-corrected chi connectivity index (χ2v) is 5.78. The number of unbranched alkanes of at least 4 members (excludes halogenated alkanes) is 1. The number of nitrogens with zero attached hydrogens (tertiary/aromatic N) is 1. The average Bonchev–Trinajstić information content (AvgIpc) is 2.71. The molecule has 1 N–H and O–H groups in total. The third-order valence-corrected chi connectivity index (χ3v) is 3.65. The van der Waals surface area contributed by atoms with Crippen LogP contribution in [0.1, 0.15) is 36.7 Å². The Kier molecular flexibility index (Phi) is 6.53. The molecule has 0 aliphatic rings. The number of hydrogen-bond donors (Lipinski definition) is 1. The average molecular weight is 345 g/mol. The van der Waals surface area contributed by atoms with Crippen LogP contribution in [0, 0.1) is 12.3 Å². The van der Waals surface area contributed by atoms with Crippen LogP contribution in [0.4, 0.5) is 5.13 Å². The van der Waals surface area contributed by atoms with Gasteiger partial charge in [-0.1, -0.05) is 11.3 Å². The Morgan fingerprint density at radius 2 is 2.32 bits per heavy atom. The summed E-state index contributed by atoms with van der Waals surface area (Å²) in [6.07, 6.45) is 6.62. The van der Waals surface area contributed by atoms with Crippen molar-refractivity contribution in [2.45, 2.75) is 26.2 Å². The quantitative estimate of drug-likeness (QED) is 0.489. The van der Waals surface area contributed by atoms with E-state index in [1.54, 1.807) is 6.92 Å². The minimum absolute atomic E-state index is 0.172. The van der Waals surface area contributed by atoms with E-state index in [-0.39, 0.29) is 18.2 Å². The van der Waals surface area contributed by atoms with Crippen molar-refractivity contribution >= 4 is 44.3 Å². The van der Waals surface area contributed by atoms with Crippen LogP contribution in [0.3, 0.4) is 0 Å². The lowest BCUT2D eigenvalue weighted by Gasteiger charge is -1.99. The van der Waals surface area contributed by atoms with E-state index in [1.807, 2.05) is 0 Å². The molecule has 0 fully saturated rings. The fourth-order valence-corrected chi connectivity index (χ4v) is 2.62. The van der Waals surface area contributed by atoms with Crippen molar-refractivity contribution in [2.24, 2.45) is 0 Å². The molecule has 7 heteroatoms. The number of rotatable bonds is 6. The zero-order valence-corrected chi connectivity index (χ0v) is 12.8. The number of carbonyl (C=O) groups excluding carboxylic acids is 2. The number of esters is 1. The van der Waals surface area contributed by atoms with Crippen molar-refractivity contribution in [3.05, 3.63) is 9.48 Å². The molecule has 19 heavy (non-hydrogen) atoms. The van der Waals surface area contributed by atoms with E-state index in [9.17, 15) is 9.59 Å². The van der Waals surface area contributed by atoms with Crippen molar-refractivity contribution in [1.82, 2.24) is 4.98 Å². The van der Waals surface area contributed by atoms with E-state index in [2.05, 4.69) is 32.2 Å². The summed E-state index contributed by atoms with van der Waals surface area (Å²) >= 11 is 4.39. The van der Waals surface area contributed by atoms with Crippen LogP contribution in [0.15, 0.2) is 3.79 Å². The summed E-state index contributed by atoms with van der Waals surface area (Å²) in [7, 11) is 0. The second-order valence-electron chi connectivity index (χ2n) is 3.47. The summed E-state index contributed by atoms with van der Waals surface area (Å²) in [6, 6.07) is 0. The molecule has 1 heterocycles. The SMILES string of the molecule is C#CCCCC(=O)Nc1nc(C(=O)OCC)c(Br)s1. The number of halogens is 1. The van der Waals surface area contributed by atoms with Crippen molar-refractivity contribution in [2.75, 3.05) is 11.9 Å². The van der Waals surface area contributed by atoms with Gasteiger partial charge >= 0.3 is 5.97 Å². The van der Waals surface area contributed by atoms with Crippen LogP contribution in [0.25, 0.3) is 0 Å². The highest BCUT2D eigenvalue weighted by atomic mass is 79.9. The Labute approximate surface area is 123 Å². The smallest absolute Gasteiger partial charge is 0.359 e. The van der Waals surface area contributed by atoms with Gasteiger partial charge in [0.05, 0.1) is 6.61 Å². The third kappa shape index (κ3) is 5.01. The molecule has 0 atom stereocenters. The minimum Gasteiger partial charge on any atom is -0.461 e. The monoisotopic (exact) mass is 344 g/mol. The maximum atomic E-state index is 11.6. The van der Waals surface area contributed by atoms with Crippen LogP contribution < -0.4 is 5.32 Å². The van der Waals surface area contributed by atoms with Crippen LogP contribution in [-0.4, -0.2) is 23.5 Å². The molecule has 0 spiro atoms. The minimum atomic E-state index is -0.515. The molecule has 5 nitrogen and oxygen atoms in total. The summed E-state index contributed by atoms with van der Waals surface area (Å²) in [5.41, 5.74) is 0.172. The molecule has 0 saturated heterocycles. The van der Waals surface area contributed by atoms with Gasteiger partial charge in [-0.15, -0.1) is 12.3 Å². The number of thiazole rings is 1. The molecule has 0 aliphatic carbocycles. The number of amides is 1. The Morgan fingerprint density at radius 3 is 2.95 bits per heavy atom. The van der Waals surface area contributed by atoms with Gasteiger partial charge in [0.2, 0.25) is 5.91 Å². The fraction of sp³-hybridized carbons (Fsp3) is 0.417. The number of hydrogen-bond acceptors (Lipinski definition) is 5. The molecule has 1 amide bonds. The zero-order valence-electron chi connectivity index (χ0n) is 10.4. The van der Waals surface area contributed by atoms with Crippen LogP contribution >= 0.6 is 27.3 Å². The molecular formula is C12H13BrN2O3S. The highest BCUT2D eigenvalue weighted by molar-refractivity contribution is 9.11. The maximum absolute atomic E-state index is 11.6. The predicted molar refractivity (Wildman–Crippen MR) is 77.1 cm³/mol. The summed E-state index contributed by atoms with van der Waals surface area (Å²) in [5.74, 6) is 1.78. The number of carbonyl (C=O) groups is 2. The molecule has 0 bridgehead atoms. The van der Waals surface area contributed by atoms with E-state index >= 15 is 0 Å². The highest BCUT2D eigenvalue weighted by Gasteiger charge is 2.18. The lowest BCUT2D eigenvalue weighted by Crippen LogP contribution is -2.11. The topological polar surface area (TPSA) is 68.3 Å². The zero-order chi connectivity index (χ0) is 14.3. The standard InChI is InChI=1S/C12H13BrN2O3S/c1-3-5-6-7-8(16)14-12-15-9(10(13)19-12)11(17)18-4-2/h1H,4-7H2,2H3,(H,14,15,16). The van der Waals surface area contributed by atoms with Crippen LogP contribution in [0.2, 0.25) is 0 Å². The van der Waals surface area contributed by atoms with Gasteiger partial charge in [-0.25, -0.2) is 9.78 Å². The Balaban J connectivity index is 2.61. The Bertz CT molecular complexity index is 508. The number of ether oxygens (including phenoxy) is 1. The molecule has 0 aliphatic heterocycles. The number of aromatic nitrogens is 1. The van der Waals surface area contributed by atoms with Gasteiger partial charge in [0.25, 0.3) is 0 Å². The van der Waals surface area contributed by atoms with Gasteiger partial charge in [0.1, 0.15) is 3.79 Å². The number of anilines is 1. The first kappa shape index (κ1) is 15.7. The molecule has 1 aromatic rings. The summed E-state index contributed by atoms with van der Waals surface area (Å²) < 4.78 is 5.38. The molecule has 0 unspecified atom stereocenters. The molecule has 0 radical (unpaired) electrons. The molecule has 0 aromatic carbocycles. The predicted octanol–water partition coefficient (Wildman–Crippen LogP) is 2.82. The van der Waals surface area contributed by atoms with Gasteiger partial charge in [-0.3, -0.25) is 4.79 Å². The van der Waals surface area contributed by atoms with E-state index in [0.29, 0.717) is 28.2 Å². The van der Waals surface area contributed by atoms with E-state index < -0.39 is 5.97 Å². The molecule has 0 saturated carbocycles. The summed E-state index contributed by atoms with van der Waals surface area (Å²) in [5, 5.41) is 2.98. The Hall–Kier alpha value is -1.39. The first-order valence-corrected chi connectivity index (χ1v) is 7.26. The van der Waals surface area contributed by atoms with Gasteiger partial charge in [-0.05, 0) is 29.3 Å². The largest absolute Gasteiger partial charge is 0.461 e. The van der Waals surface area contributed by atoms with Crippen molar-refractivity contribution in [3.63, 3.8) is 0 Å². The van der Waals surface area contributed by atoms with Crippen LogP contribution in [0.5, 0.6) is 0 Å². The molecule has 1 aromatic heterocycles. The lowest BCUT2D eigenvalue weighted by molar-refractivity contribution is -0.116. The van der Waals surface area contributed by atoms with Gasteiger partial charge in [0.15, 0.2) is 10.8 Å². The van der Waals surface area contributed by atoms with Crippen molar-refractivity contribution < 1.29 is 14.3 Å². The normalized spacial score (nSPS) is 9.74. The van der Waals surface area contributed by atoms with Gasteiger partial charge in [-0.2, -0.15) is 0 Å². The van der Waals surface area contributed by atoms with Crippen molar-refractivity contribution in [3.8, 4) is 12.3 Å². The van der Waals surface area contributed by atoms with Gasteiger partial charge in [0, 0.05) is 12.8 Å². The third-order valence-electron chi connectivity index (χ3n) is 2.03. The number of nitrogens with one attached hydrogen (secondary N) is 1. The fourth-order valence-electron chi connectivity index (χ4n) is 1.21. The highest BCUT2D eigenvalue weighted by Crippen LogP contribution is 2.29. The van der Waals surface area contributed by atoms with Crippen molar-refractivity contribution in [1.29, 1.82) is 0 Å². The molecule has 1 rings (SSSR count). The Morgan fingerprint density at radius 1 is 1.58 bits per heavy atom. The number of terminal acetylenes is 1. The van der Waals surface area contributed by atoms with Crippen LogP contribution in [-0.2, 0) is 9.53 Å². The summed E-state index contributed by atoms with van der Waals surface area (Å²) in [6.45, 7) is 1.99. The van der Waals surface area contributed by atoms with E-state index in [0.717, 1.165) is 0 Å².